The van der Waals surface area contributed by atoms with E-state index < -0.39 is 5.69 Å². The van der Waals surface area contributed by atoms with Crippen LogP contribution in [0.5, 0.6) is 5.75 Å². The Balaban J connectivity index is 1.41. The molecule has 11 heteroatoms. The van der Waals surface area contributed by atoms with Crippen LogP contribution in [0.1, 0.15) is 6.42 Å². The number of ether oxygens (including phenoxy) is 1. The summed E-state index contributed by atoms with van der Waals surface area (Å²) in [6, 6.07) is 7.38. The van der Waals surface area contributed by atoms with Crippen LogP contribution in [0.25, 0.3) is 22.6 Å². The Bertz CT molecular complexity index is 1220. The van der Waals surface area contributed by atoms with Gasteiger partial charge in [0.2, 0.25) is 5.82 Å². The van der Waals surface area contributed by atoms with Gasteiger partial charge in [-0.25, -0.2) is 9.78 Å². The smallest absolute Gasteiger partial charge is 0.332 e. The normalized spacial score (nSPS) is 11.2. The predicted molar refractivity (Wildman–Crippen MR) is 99.9 cm³/mol. The third-order valence-electron chi connectivity index (χ3n) is 4.49. The van der Waals surface area contributed by atoms with Crippen molar-refractivity contribution in [1.29, 1.82) is 0 Å². The highest BCUT2D eigenvalue weighted by Gasteiger charge is 2.13. The molecule has 0 aliphatic rings. The van der Waals surface area contributed by atoms with Crippen molar-refractivity contribution < 1.29 is 4.74 Å². The average molecular weight is 382 g/mol. The summed E-state index contributed by atoms with van der Waals surface area (Å²) in [5.41, 5.74) is 0.886. The zero-order valence-electron chi connectivity index (χ0n) is 15.4. The summed E-state index contributed by atoms with van der Waals surface area (Å²) < 4.78 is 9.95. The van der Waals surface area contributed by atoms with Gasteiger partial charge >= 0.3 is 5.69 Å². The van der Waals surface area contributed by atoms with Gasteiger partial charge in [-0.05, 0) is 35.9 Å². The predicted octanol–water partition coefficient (Wildman–Crippen LogP) is 0.0829. The Morgan fingerprint density at radius 3 is 2.61 bits per heavy atom. The fraction of sp³-hybridized carbons (Fsp3) is 0.294. The Morgan fingerprint density at radius 1 is 1.11 bits per heavy atom. The van der Waals surface area contributed by atoms with Crippen molar-refractivity contribution in [2.24, 2.45) is 14.1 Å². The van der Waals surface area contributed by atoms with Crippen LogP contribution in [-0.2, 0) is 20.6 Å². The number of hydrogen-bond donors (Lipinski definition) is 1. The monoisotopic (exact) mass is 382 g/mol. The number of tetrazole rings is 1. The second-order valence-electron chi connectivity index (χ2n) is 6.28. The van der Waals surface area contributed by atoms with E-state index in [0.717, 1.165) is 15.9 Å². The van der Waals surface area contributed by atoms with E-state index in [1.807, 2.05) is 24.3 Å². The molecule has 1 N–H and O–H groups in total. The first-order valence-electron chi connectivity index (χ1n) is 8.64. The van der Waals surface area contributed by atoms with Gasteiger partial charge in [-0.15, -0.1) is 10.2 Å². The molecule has 4 rings (SSSR count). The van der Waals surface area contributed by atoms with Crippen molar-refractivity contribution in [2.45, 2.75) is 13.0 Å². The number of fused-ring (bicyclic) bond motifs is 1. The molecule has 0 amide bonds. The van der Waals surface area contributed by atoms with Crippen LogP contribution in [0, 0.1) is 0 Å². The van der Waals surface area contributed by atoms with E-state index in [4.69, 9.17) is 4.74 Å². The van der Waals surface area contributed by atoms with E-state index >= 15 is 0 Å². The van der Waals surface area contributed by atoms with Crippen molar-refractivity contribution in [2.75, 3.05) is 6.61 Å². The van der Waals surface area contributed by atoms with Gasteiger partial charge < -0.3 is 9.30 Å². The van der Waals surface area contributed by atoms with Crippen molar-refractivity contribution in [3.63, 3.8) is 0 Å². The topological polar surface area (TPSA) is 126 Å². The highest BCUT2D eigenvalue weighted by Crippen LogP contribution is 2.18. The maximum Gasteiger partial charge on any atom is 0.332 e. The van der Waals surface area contributed by atoms with Crippen LogP contribution in [0.15, 0.2) is 40.2 Å². The average Bonchev–Trinajstić information content (AvgIpc) is 3.39. The molecule has 0 atom stereocenters. The molecular formula is C17H18N8O3. The molecule has 0 saturated carbocycles. The second kappa shape index (κ2) is 7.10. The van der Waals surface area contributed by atoms with Gasteiger partial charge in [-0.3, -0.25) is 13.9 Å². The summed E-state index contributed by atoms with van der Waals surface area (Å²) in [5.74, 6) is 1.25. The zero-order valence-corrected chi connectivity index (χ0v) is 15.4. The highest BCUT2D eigenvalue weighted by molar-refractivity contribution is 5.69. The molecule has 0 fully saturated rings. The number of aromatic nitrogens is 8. The number of aryl methyl sites for hydroxylation is 2. The van der Waals surface area contributed by atoms with E-state index in [0.29, 0.717) is 36.6 Å². The van der Waals surface area contributed by atoms with Crippen molar-refractivity contribution in [3.05, 3.63) is 51.4 Å². The van der Waals surface area contributed by atoms with Crippen LogP contribution in [0.3, 0.4) is 0 Å². The van der Waals surface area contributed by atoms with E-state index in [1.54, 1.807) is 17.9 Å². The lowest BCUT2D eigenvalue weighted by molar-refractivity contribution is 0.302. The minimum atomic E-state index is -0.393. The Hall–Kier alpha value is -3.76. The van der Waals surface area contributed by atoms with Crippen molar-refractivity contribution in [1.82, 2.24) is 39.3 Å². The SMILES string of the molecule is Cn1c(=O)c2c(ncn2CCCOc2ccc(-c3nn[nH]n3)cc2)n(C)c1=O. The third kappa shape index (κ3) is 3.06. The van der Waals surface area contributed by atoms with E-state index in [-0.39, 0.29) is 5.56 Å². The third-order valence-corrected chi connectivity index (χ3v) is 4.49. The lowest BCUT2D eigenvalue weighted by atomic mass is 10.2. The number of H-pyrrole nitrogens is 1. The van der Waals surface area contributed by atoms with E-state index in [9.17, 15) is 9.59 Å². The molecule has 0 aliphatic carbocycles. The molecule has 0 unspecified atom stereocenters. The largest absolute Gasteiger partial charge is 0.494 e. The van der Waals surface area contributed by atoms with Crippen LogP contribution in [-0.4, -0.2) is 45.9 Å². The van der Waals surface area contributed by atoms with Gasteiger partial charge in [0.15, 0.2) is 11.2 Å². The van der Waals surface area contributed by atoms with Gasteiger partial charge in [-0.1, -0.05) is 0 Å². The maximum absolute atomic E-state index is 12.4. The first-order chi connectivity index (χ1) is 13.6. The number of imidazole rings is 1. The molecular weight excluding hydrogens is 364 g/mol. The highest BCUT2D eigenvalue weighted by atomic mass is 16.5. The van der Waals surface area contributed by atoms with Crippen LogP contribution in [0.2, 0.25) is 0 Å². The molecule has 3 heterocycles. The number of benzene rings is 1. The molecule has 4 aromatic rings. The van der Waals surface area contributed by atoms with Gasteiger partial charge in [0.05, 0.1) is 12.9 Å². The molecule has 11 nitrogen and oxygen atoms in total. The molecule has 144 valence electrons. The summed E-state index contributed by atoms with van der Waals surface area (Å²) in [5, 5.41) is 13.8. The summed E-state index contributed by atoms with van der Waals surface area (Å²) in [6.07, 6.45) is 2.25. The Kier molecular flexibility index (Phi) is 4.47. The molecule has 0 bridgehead atoms. The zero-order chi connectivity index (χ0) is 19.7. The van der Waals surface area contributed by atoms with Gasteiger partial charge in [0.1, 0.15) is 5.75 Å². The van der Waals surface area contributed by atoms with E-state index in [2.05, 4.69) is 25.6 Å². The lowest BCUT2D eigenvalue weighted by Gasteiger charge is -2.08. The Labute approximate surface area is 158 Å². The summed E-state index contributed by atoms with van der Waals surface area (Å²) >= 11 is 0. The molecule has 0 aliphatic heterocycles. The van der Waals surface area contributed by atoms with Gasteiger partial charge in [0, 0.05) is 26.2 Å². The molecule has 3 aromatic heterocycles. The number of aromatic amines is 1. The lowest BCUT2D eigenvalue weighted by Crippen LogP contribution is -2.37. The standard InChI is InChI=1S/C17H18N8O3/c1-23-15-13(16(26)24(2)17(23)27)25(10-18-15)8-3-9-28-12-6-4-11(5-7-12)14-19-21-22-20-14/h4-7,10H,3,8-9H2,1-2H3,(H,19,20,21,22). The molecule has 28 heavy (non-hydrogen) atoms. The summed E-state index contributed by atoms with van der Waals surface area (Å²) in [6.45, 7) is 1.01. The fourth-order valence-electron chi connectivity index (χ4n) is 2.98. The number of nitrogens with zero attached hydrogens (tertiary/aromatic N) is 7. The minimum absolute atomic E-state index is 0.353. The minimum Gasteiger partial charge on any atom is -0.494 e. The van der Waals surface area contributed by atoms with Crippen molar-refractivity contribution in [3.8, 4) is 17.1 Å². The molecule has 0 spiro atoms. The van der Waals surface area contributed by atoms with Crippen LogP contribution >= 0.6 is 0 Å². The fourth-order valence-corrected chi connectivity index (χ4v) is 2.98. The van der Waals surface area contributed by atoms with Gasteiger partial charge in [0.25, 0.3) is 5.56 Å². The summed E-state index contributed by atoms with van der Waals surface area (Å²) in [4.78, 5) is 28.6. The Morgan fingerprint density at radius 2 is 1.89 bits per heavy atom. The molecule has 0 saturated heterocycles. The maximum atomic E-state index is 12.4. The van der Waals surface area contributed by atoms with Crippen LogP contribution < -0.4 is 16.0 Å². The molecule has 0 radical (unpaired) electrons. The number of nitrogens with one attached hydrogen (secondary N) is 1. The second-order valence-corrected chi connectivity index (χ2v) is 6.28. The number of rotatable bonds is 6. The molecule has 1 aromatic carbocycles. The first kappa shape index (κ1) is 17.6. The first-order valence-corrected chi connectivity index (χ1v) is 8.64. The van der Waals surface area contributed by atoms with Crippen molar-refractivity contribution >= 4 is 11.2 Å². The number of hydrogen-bond acceptors (Lipinski definition) is 7. The quantitative estimate of drug-likeness (QED) is 0.468. The van der Waals surface area contributed by atoms with Crippen LogP contribution in [0.4, 0.5) is 0 Å². The van der Waals surface area contributed by atoms with E-state index in [1.165, 1.54) is 11.6 Å². The summed E-state index contributed by atoms with van der Waals surface area (Å²) in [7, 11) is 3.06. The van der Waals surface area contributed by atoms with Gasteiger partial charge in [-0.2, -0.15) is 5.21 Å².